The van der Waals surface area contributed by atoms with Gasteiger partial charge in [0.05, 0.1) is 39.6 Å². The van der Waals surface area contributed by atoms with E-state index in [4.69, 9.17) is 23.7 Å². The fourth-order valence-corrected chi connectivity index (χ4v) is 3.01. The van der Waals surface area contributed by atoms with Crippen molar-refractivity contribution in [2.75, 3.05) is 52.9 Å². The Kier molecular flexibility index (Phi) is 11.5. The Bertz CT molecular complexity index is 786. The van der Waals surface area contributed by atoms with Crippen LogP contribution < -0.4 is 4.74 Å². The van der Waals surface area contributed by atoms with Crippen LogP contribution in [0.1, 0.15) is 25.0 Å². The van der Waals surface area contributed by atoms with Gasteiger partial charge in [0.2, 0.25) is 0 Å². The van der Waals surface area contributed by atoms with E-state index in [1.807, 2.05) is 18.2 Å². The summed E-state index contributed by atoms with van der Waals surface area (Å²) in [5, 5.41) is 0. The largest absolute Gasteiger partial charge is 0.491 e. The summed E-state index contributed by atoms with van der Waals surface area (Å²) in [4.78, 5) is 10.8. The molecule has 0 radical (unpaired) electrons. The molecule has 0 amide bonds. The third-order valence-corrected chi connectivity index (χ3v) is 4.95. The van der Waals surface area contributed by atoms with Crippen molar-refractivity contribution in [1.82, 2.24) is 0 Å². The van der Waals surface area contributed by atoms with Crippen LogP contribution in [0.2, 0.25) is 0 Å². The van der Waals surface area contributed by atoms with Gasteiger partial charge >= 0.3 is 5.97 Å². The van der Waals surface area contributed by atoms with Crippen molar-refractivity contribution in [2.24, 2.45) is 0 Å². The number of esters is 1. The summed E-state index contributed by atoms with van der Waals surface area (Å²) in [6, 6.07) is 18.7. The van der Waals surface area contributed by atoms with Gasteiger partial charge in [0.25, 0.3) is 0 Å². The van der Waals surface area contributed by atoms with Crippen LogP contribution in [0, 0.1) is 0 Å². The van der Waals surface area contributed by atoms with Gasteiger partial charge < -0.3 is 23.7 Å². The van der Waals surface area contributed by atoms with Crippen LogP contribution in [-0.4, -0.2) is 58.8 Å². The van der Waals surface area contributed by atoms with Gasteiger partial charge in [-0.25, -0.2) is 4.79 Å². The van der Waals surface area contributed by atoms with E-state index in [1.54, 1.807) is 0 Å². The molecule has 0 saturated heterocycles. The second-order valence-electron chi connectivity index (χ2n) is 7.57. The van der Waals surface area contributed by atoms with Gasteiger partial charge in [-0.1, -0.05) is 62.9 Å². The fourth-order valence-electron chi connectivity index (χ4n) is 3.01. The summed E-state index contributed by atoms with van der Waals surface area (Å²) < 4.78 is 26.8. The Morgan fingerprint density at radius 3 is 1.81 bits per heavy atom. The number of rotatable bonds is 16. The molecule has 0 spiro atoms. The van der Waals surface area contributed by atoms with Gasteiger partial charge in [0, 0.05) is 11.5 Å². The first-order chi connectivity index (χ1) is 15.5. The summed E-state index contributed by atoms with van der Waals surface area (Å²) >= 11 is 0. The Morgan fingerprint density at radius 2 is 1.25 bits per heavy atom. The van der Waals surface area contributed by atoms with Crippen LogP contribution >= 0.6 is 0 Å². The van der Waals surface area contributed by atoms with Crippen molar-refractivity contribution in [3.63, 3.8) is 0 Å². The van der Waals surface area contributed by atoms with Crippen molar-refractivity contribution < 1.29 is 28.5 Å². The fraction of sp³-hybridized carbons (Fsp3) is 0.423. The predicted octanol–water partition coefficient (Wildman–Crippen LogP) is 4.17. The van der Waals surface area contributed by atoms with Crippen LogP contribution in [0.25, 0.3) is 0 Å². The molecule has 0 aromatic heterocycles. The second-order valence-corrected chi connectivity index (χ2v) is 7.57. The molecule has 0 bridgehead atoms. The Labute approximate surface area is 191 Å². The third kappa shape index (κ3) is 9.22. The maximum absolute atomic E-state index is 10.8. The average molecular weight is 443 g/mol. The first kappa shape index (κ1) is 25.6. The second kappa shape index (κ2) is 14.4. The highest BCUT2D eigenvalue weighted by Crippen LogP contribution is 2.32. The highest BCUT2D eigenvalue weighted by molar-refractivity contribution is 5.81. The molecule has 0 aliphatic heterocycles. The van der Waals surface area contributed by atoms with Crippen molar-refractivity contribution in [2.45, 2.75) is 19.3 Å². The highest BCUT2D eigenvalue weighted by atomic mass is 16.6. The number of hydrogen-bond acceptors (Lipinski definition) is 6. The number of ether oxygens (including phenoxy) is 5. The van der Waals surface area contributed by atoms with Gasteiger partial charge in [-0.05, 0) is 23.3 Å². The summed E-state index contributed by atoms with van der Waals surface area (Å²) in [7, 11) is 0. The van der Waals surface area contributed by atoms with Crippen LogP contribution in [-0.2, 0) is 29.2 Å². The lowest BCUT2D eigenvalue weighted by Crippen LogP contribution is -2.18. The molecule has 2 rings (SSSR count). The lowest BCUT2D eigenvalue weighted by atomic mass is 9.78. The molecule has 0 aliphatic carbocycles. The molecule has 2 aromatic carbocycles. The van der Waals surface area contributed by atoms with Crippen LogP contribution in [0.3, 0.4) is 0 Å². The number of benzene rings is 2. The molecule has 174 valence electrons. The standard InChI is InChI=1S/C26H34O6/c1-4-25(27)32-21-19-30-17-15-28-14-16-29-18-20-31-24-12-10-23(11-13-24)26(2,3)22-8-6-5-7-9-22/h4-13H,1,14-21H2,2-3H3. The van der Waals surface area contributed by atoms with Crippen molar-refractivity contribution in [1.29, 1.82) is 0 Å². The zero-order chi connectivity index (χ0) is 23.1. The lowest BCUT2D eigenvalue weighted by Gasteiger charge is -2.26. The van der Waals surface area contributed by atoms with E-state index >= 15 is 0 Å². The van der Waals surface area contributed by atoms with Gasteiger partial charge in [-0.3, -0.25) is 0 Å². The van der Waals surface area contributed by atoms with E-state index in [0.29, 0.717) is 46.2 Å². The number of carbonyl (C=O) groups is 1. The Balaban J connectivity index is 1.50. The molecule has 0 N–H and O–H groups in total. The van der Waals surface area contributed by atoms with E-state index in [1.165, 1.54) is 11.1 Å². The van der Waals surface area contributed by atoms with Gasteiger partial charge in [-0.2, -0.15) is 0 Å². The summed E-state index contributed by atoms with van der Waals surface area (Å²) in [5.74, 6) is 0.378. The van der Waals surface area contributed by atoms with Gasteiger partial charge in [-0.15, -0.1) is 0 Å². The van der Waals surface area contributed by atoms with E-state index in [9.17, 15) is 4.79 Å². The molecule has 0 saturated carbocycles. The maximum atomic E-state index is 10.8. The summed E-state index contributed by atoms with van der Waals surface area (Å²) in [6.45, 7) is 11.2. The zero-order valence-corrected chi connectivity index (χ0v) is 19.1. The Hall–Kier alpha value is -2.67. The maximum Gasteiger partial charge on any atom is 0.330 e. The minimum absolute atomic E-state index is 0.0632. The Morgan fingerprint density at radius 1 is 0.750 bits per heavy atom. The van der Waals surface area contributed by atoms with Crippen molar-refractivity contribution >= 4 is 5.97 Å². The van der Waals surface area contributed by atoms with Gasteiger partial charge in [0.15, 0.2) is 0 Å². The molecule has 0 fully saturated rings. The molecule has 0 atom stereocenters. The van der Waals surface area contributed by atoms with Crippen LogP contribution in [0.5, 0.6) is 5.75 Å². The van der Waals surface area contributed by atoms with Gasteiger partial charge in [0.1, 0.15) is 19.0 Å². The SMILES string of the molecule is C=CC(=O)OCCOCCOCCOCCOc1ccc(C(C)(C)c2ccccc2)cc1. The molecule has 32 heavy (non-hydrogen) atoms. The molecule has 6 heteroatoms. The molecule has 2 aromatic rings. The van der Waals surface area contributed by atoms with Crippen LogP contribution in [0.15, 0.2) is 67.3 Å². The average Bonchev–Trinajstić information content (AvgIpc) is 2.82. The minimum atomic E-state index is -0.449. The summed E-state index contributed by atoms with van der Waals surface area (Å²) in [6.07, 6.45) is 1.12. The quantitative estimate of drug-likeness (QED) is 0.221. The van der Waals surface area contributed by atoms with E-state index in [2.05, 4.69) is 56.8 Å². The lowest BCUT2D eigenvalue weighted by molar-refractivity contribution is -0.139. The number of hydrogen-bond donors (Lipinski definition) is 0. The first-order valence-corrected chi connectivity index (χ1v) is 10.9. The monoisotopic (exact) mass is 442 g/mol. The molecular formula is C26H34O6. The first-order valence-electron chi connectivity index (χ1n) is 10.9. The molecule has 0 unspecified atom stereocenters. The highest BCUT2D eigenvalue weighted by Gasteiger charge is 2.22. The molecular weight excluding hydrogens is 408 g/mol. The van der Waals surface area contributed by atoms with Crippen LogP contribution in [0.4, 0.5) is 0 Å². The predicted molar refractivity (Wildman–Crippen MR) is 124 cm³/mol. The van der Waals surface area contributed by atoms with Crippen molar-refractivity contribution in [3.05, 3.63) is 78.4 Å². The smallest absolute Gasteiger partial charge is 0.330 e. The third-order valence-electron chi connectivity index (χ3n) is 4.95. The summed E-state index contributed by atoms with van der Waals surface area (Å²) in [5.41, 5.74) is 2.46. The van der Waals surface area contributed by atoms with Crippen molar-refractivity contribution in [3.8, 4) is 5.75 Å². The minimum Gasteiger partial charge on any atom is -0.491 e. The van der Waals surface area contributed by atoms with E-state index in [0.717, 1.165) is 11.8 Å². The number of carbonyl (C=O) groups excluding carboxylic acids is 1. The molecule has 0 heterocycles. The van der Waals surface area contributed by atoms with E-state index in [-0.39, 0.29) is 12.0 Å². The normalized spacial score (nSPS) is 11.2. The molecule has 6 nitrogen and oxygen atoms in total. The van der Waals surface area contributed by atoms with E-state index < -0.39 is 5.97 Å². The zero-order valence-electron chi connectivity index (χ0n) is 19.1. The topological polar surface area (TPSA) is 63.2 Å². The molecule has 0 aliphatic rings.